The molecule has 2 N–H and O–H groups in total. The average Bonchev–Trinajstić information content (AvgIpc) is 3.08. The second kappa shape index (κ2) is 8.85. The van der Waals surface area contributed by atoms with Crippen molar-refractivity contribution in [2.75, 3.05) is 29.4 Å². The number of alkyl halides is 5. The Morgan fingerprint density at radius 1 is 1.29 bits per heavy atom. The summed E-state index contributed by atoms with van der Waals surface area (Å²) in [6, 6.07) is 2.72. The lowest BCUT2D eigenvalue weighted by atomic mass is 10.1. The normalized spacial score (nSPS) is 16.4. The van der Waals surface area contributed by atoms with Gasteiger partial charge in [-0.25, -0.2) is 23.5 Å². The van der Waals surface area contributed by atoms with Gasteiger partial charge < -0.3 is 10.0 Å². The maximum absolute atomic E-state index is 13.5. The van der Waals surface area contributed by atoms with Crippen LogP contribution in [0.4, 0.5) is 38.3 Å². The summed E-state index contributed by atoms with van der Waals surface area (Å²) in [5, 5.41) is 16.3. The molecule has 14 heteroatoms. The van der Waals surface area contributed by atoms with E-state index in [1.807, 2.05) is 0 Å². The molecule has 0 aromatic carbocycles. The van der Waals surface area contributed by atoms with Crippen molar-refractivity contribution in [2.45, 2.75) is 42.8 Å². The van der Waals surface area contributed by atoms with Crippen LogP contribution in [0, 0.1) is 6.92 Å². The summed E-state index contributed by atoms with van der Waals surface area (Å²) in [6.45, 7) is -0.0867. The summed E-state index contributed by atoms with van der Waals surface area (Å²) >= 11 is 1.15. The van der Waals surface area contributed by atoms with Crippen LogP contribution in [0.5, 0.6) is 0 Å². The van der Waals surface area contributed by atoms with E-state index in [1.54, 1.807) is 17.9 Å². The van der Waals surface area contributed by atoms with E-state index in [1.165, 1.54) is 6.07 Å². The molecule has 0 spiro atoms. The molecule has 0 aliphatic carbocycles. The number of thioether (sulfide) groups is 1. The zero-order chi connectivity index (χ0) is 22.8. The largest absolute Gasteiger partial charge is 0.465 e. The number of aryl methyl sites for hydroxylation is 1. The van der Waals surface area contributed by atoms with Gasteiger partial charge in [-0.15, -0.1) is 5.10 Å². The molecule has 2 aromatic rings. The smallest absolute Gasteiger partial charge is 0.413 e. The number of anilines is 2. The van der Waals surface area contributed by atoms with E-state index in [9.17, 15) is 31.9 Å². The van der Waals surface area contributed by atoms with Crippen LogP contribution in [0.1, 0.15) is 24.4 Å². The first-order valence-corrected chi connectivity index (χ1v) is 10.1. The molecule has 0 bridgehead atoms. The second-order valence-corrected chi connectivity index (χ2v) is 7.94. The lowest BCUT2D eigenvalue weighted by molar-refractivity contribution is -0.119. The molecule has 8 nitrogen and oxygen atoms in total. The monoisotopic (exact) mass is 466 g/mol. The molecule has 3 rings (SSSR count). The van der Waals surface area contributed by atoms with Crippen molar-refractivity contribution in [1.29, 1.82) is 0 Å². The number of nitrogens with one attached hydrogen (secondary N) is 1. The highest BCUT2D eigenvalue weighted by Crippen LogP contribution is 2.33. The van der Waals surface area contributed by atoms with Gasteiger partial charge in [-0.05, 0) is 13.0 Å². The highest BCUT2D eigenvalue weighted by molar-refractivity contribution is 7.98. The maximum atomic E-state index is 13.5. The standard InChI is InChI=1S/C17H19F5N6O2S/c1-10-23-14(26-25-10)31-8-11-6-12(27-4-2-16(18,19)3-5-27)7-13(24-11)28(15(29)30)9-17(20,21)22/h6-7H,2-5,8-9H2,1H3,(H,29,30)(H,23,25,26). The van der Waals surface area contributed by atoms with Crippen LogP contribution >= 0.6 is 11.8 Å². The van der Waals surface area contributed by atoms with Gasteiger partial charge in [0, 0.05) is 43.4 Å². The van der Waals surface area contributed by atoms with Crippen molar-refractivity contribution in [1.82, 2.24) is 20.2 Å². The molecule has 1 fully saturated rings. The Morgan fingerprint density at radius 2 is 1.97 bits per heavy atom. The Balaban J connectivity index is 1.91. The summed E-state index contributed by atoms with van der Waals surface area (Å²) in [7, 11) is 0. The topological polar surface area (TPSA) is 98.2 Å². The number of rotatable bonds is 6. The summed E-state index contributed by atoms with van der Waals surface area (Å²) in [4.78, 5) is 21.3. The van der Waals surface area contributed by atoms with E-state index >= 15 is 0 Å². The third kappa shape index (κ3) is 6.42. The van der Waals surface area contributed by atoms with Crippen LogP contribution in [-0.2, 0) is 5.75 Å². The highest BCUT2D eigenvalue weighted by atomic mass is 32.2. The summed E-state index contributed by atoms with van der Waals surface area (Å²) in [6.07, 6.45) is -7.42. The van der Waals surface area contributed by atoms with Crippen LogP contribution in [-0.4, -0.2) is 63.1 Å². The molecule has 1 amide bonds. The van der Waals surface area contributed by atoms with Gasteiger partial charge in [-0.1, -0.05) is 11.8 Å². The lowest BCUT2D eigenvalue weighted by Crippen LogP contribution is -2.40. The molecule has 170 valence electrons. The first-order valence-electron chi connectivity index (χ1n) is 9.15. The number of amides is 1. The number of nitrogens with zero attached hydrogens (tertiary/aromatic N) is 5. The third-order valence-electron chi connectivity index (χ3n) is 4.48. The third-order valence-corrected chi connectivity index (χ3v) is 5.36. The number of hydrogen-bond donors (Lipinski definition) is 2. The zero-order valence-corrected chi connectivity index (χ0v) is 17.1. The van der Waals surface area contributed by atoms with Crippen LogP contribution in [0.25, 0.3) is 0 Å². The first kappa shape index (κ1) is 23.0. The fourth-order valence-electron chi connectivity index (χ4n) is 2.99. The molecular formula is C17H19F5N6O2S. The van der Waals surface area contributed by atoms with Gasteiger partial charge in [0.25, 0.3) is 5.92 Å². The first-order chi connectivity index (χ1) is 14.4. The number of hydrogen-bond acceptors (Lipinski definition) is 6. The number of carbonyl (C=O) groups is 1. The van der Waals surface area contributed by atoms with Crippen molar-refractivity contribution < 1.29 is 31.9 Å². The van der Waals surface area contributed by atoms with Crippen LogP contribution in [0.3, 0.4) is 0 Å². The van der Waals surface area contributed by atoms with Crippen molar-refractivity contribution in [2.24, 2.45) is 0 Å². The van der Waals surface area contributed by atoms with Gasteiger partial charge in [0.05, 0.1) is 5.69 Å². The number of pyridine rings is 1. The van der Waals surface area contributed by atoms with Gasteiger partial charge in [0.1, 0.15) is 18.2 Å². The molecule has 0 unspecified atom stereocenters. The van der Waals surface area contributed by atoms with Crippen molar-refractivity contribution in [3.63, 3.8) is 0 Å². The number of carboxylic acid groups (broad SMARTS) is 1. The molecule has 1 aliphatic rings. The Morgan fingerprint density at radius 3 is 2.52 bits per heavy atom. The van der Waals surface area contributed by atoms with Crippen molar-refractivity contribution >= 4 is 29.4 Å². The van der Waals surface area contributed by atoms with Gasteiger partial charge in [0.15, 0.2) is 0 Å². The Hall–Kier alpha value is -2.64. The summed E-state index contributed by atoms with van der Waals surface area (Å²) < 4.78 is 65.8. The van der Waals surface area contributed by atoms with E-state index in [4.69, 9.17) is 0 Å². The molecular weight excluding hydrogens is 447 g/mol. The second-order valence-electron chi connectivity index (χ2n) is 6.99. The van der Waals surface area contributed by atoms with Crippen molar-refractivity contribution in [3.8, 4) is 0 Å². The SMILES string of the molecule is Cc1nc(SCc2cc(N3CCC(F)(F)CC3)cc(N(CC(F)(F)F)C(=O)O)n2)n[nH]1. The molecule has 0 saturated carbocycles. The molecule has 0 atom stereocenters. The summed E-state index contributed by atoms with van der Waals surface area (Å²) in [5.74, 6) is -2.53. The maximum Gasteiger partial charge on any atom is 0.413 e. The number of H-pyrrole nitrogens is 1. The fourth-order valence-corrected chi connectivity index (χ4v) is 3.73. The Kier molecular flexibility index (Phi) is 6.57. The van der Waals surface area contributed by atoms with Gasteiger partial charge in [0.2, 0.25) is 5.16 Å². The lowest BCUT2D eigenvalue weighted by Gasteiger charge is -2.34. The summed E-state index contributed by atoms with van der Waals surface area (Å²) in [5.41, 5.74) is 0.599. The quantitative estimate of drug-likeness (QED) is 0.489. The van der Waals surface area contributed by atoms with E-state index in [-0.39, 0.29) is 29.4 Å². The number of halogens is 5. The van der Waals surface area contributed by atoms with Crippen LogP contribution in [0.2, 0.25) is 0 Å². The minimum Gasteiger partial charge on any atom is -0.465 e. The number of aromatic amines is 1. The van der Waals surface area contributed by atoms with E-state index in [0.29, 0.717) is 16.7 Å². The van der Waals surface area contributed by atoms with Crippen LogP contribution in [0.15, 0.2) is 17.3 Å². The molecule has 2 aromatic heterocycles. The molecule has 3 heterocycles. The van der Waals surface area contributed by atoms with Crippen molar-refractivity contribution in [3.05, 3.63) is 23.7 Å². The molecule has 0 radical (unpaired) electrons. The number of aromatic nitrogens is 4. The average molecular weight is 466 g/mol. The van der Waals surface area contributed by atoms with Gasteiger partial charge in [-0.2, -0.15) is 13.2 Å². The van der Waals surface area contributed by atoms with E-state index in [0.717, 1.165) is 11.8 Å². The predicted molar refractivity (Wildman–Crippen MR) is 103 cm³/mol. The Labute approximate surface area is 177 Å². The van der Waals surface area contributed by atoms with Gasteiger partial charge in [-0.3, -0.25) is 10.00 Å². The Bertz CT molecular complexity index is 928. The fraction of sp³-hybridized carbons (Fsp3) is 0.529. The van der Waals surface area contributed by atoms with E-state index < -0.39 is 43.4 Å². The van der Waals surface area contributed by atoms with E-state index in [2.05, 4.69) is 20.2 Å². The van der Waals surface area contributed by atoms with Crippen LogP contribution < -0.4 is 9.80 Å². The zero-order valence-electron chi connectivity index (χ0n) is 16.3. The number of piperidine rings is 1. The van der Waals surface area contributed by atoms with Gasteiger partial charge >= 0.3 is 12.3 Å². The molecule has 1 saturated heterocycles. The molecule has 31 heavy (non-hydrogen) atoms. The minimum absolute atomic E-state index is 0.0184. The minimum atomic E-state index is -4.78. The predicted octanol–water partition coefficient (Wildman–Crippen LogP) is 4.08. The molecule has 1 aliphatic heterocycles. The highest BCUT2D eigenvalue weighted by Gasteiger charge is 2.36.